The van der Waals surface area contributed by atoms with E-state index in [9.17, 15) is 0 Å². The SMILES string of the molecule is CCC=CO[O]. The van der Waals surface area contributed by atoms with Crippen LogP contribution in [0.25, 0.3) is 0 Å². The van der Waals surface area contributed by atoms with Crippen LogP contribution in [0, 0.1) is 0 Å². The summed E-state index contributed by atoms with van der Waals surface area (Å²) in [5.41, 5.74) is 0. The largest absolute Gasteiger partial charge is 0.314 e. The predicted molar refractivity (Wildman–Crippen MR) is 21.2 cm³/mol. The first-order valence-electron chi connectivity index (χ1n) is 1.85. The molecule has 0 saturated heterocycles. The first-order chi connectivity index (χ1) is 2.91. The minimum atomic E-state index is 0.849. The van der Waals surface area contributed by atoms with E-state index < -0.39 is 0 Å². The molecule has 6 heavy (non-hydrogen) atoms. The summed E-state index contributed by atoms with van der Waals surface area (Å²) in [6.07, 6.45) is 3.62. The highest BCUT2D eigenvalue weighted by Crippen LogP contribution is 1.76. The topological polar surface area (TPSA) is 29.1 Å². The van der Waals surface area contributed by atoms with Crippen LogP contribution in [-0.4, -0.2) is 0 Å². The number of rotatable bonds is 2. The van der Waals surface area contributed by atoms with Crippen molar-refractivity contribution in [2.75, 3.05) is 0 Å². The molecule has 0 rings (SSSR count). The van der Waals surface area contributed by atoms with Gasteiger partial charge in [0.2, 0.25) is 0 Å². The predicted octanol–water partition coefficient (Wildman–Crippen LogP) is 1.27. The summed E-state index contributed by atoms with van der Waals surface area (Å²) < 4.78 is 0. The molecule has 1 radical (unpaired) electrons. The van der Waals surface area contributed by atoms with E-state index >= 15 is 0 Å². The number of allylic oxidation sites excluding steroid dienone is 1. The lowest BCUT2D eigenvalue weighted by Gasteiger charge is -1.72. The van der Waals surface area contributed by atoms with Crippen molar-refractivity contribution in [2.24, 2.45) is 0 Å². The van der Waals surface area contributed by atoms with E-state index in [4.69, 9.17) is 5.26 Å². The molecule has 0 spiro atoms. The fourth-order valence-electron chi connectivity index (χ4n) is 0.136. The molecule has 0 atom stereocenters. The quantitative estimate of drug-likeness (QED) is 0.283. The van der Waals surface area contributed by atoms with Gasteiger partial charge < -0.3 is 4.89 Å². The fraction of sp³-hybridized carbons (Fsp3) is 0.500. The van der Waals surface area contributed by atoms with Gasteiger partial charge in [0.05, 0.1) is 0 Å². The van der Waals surface area contributed by atoms with Crippen LogP contribution < -0.4 is 0 Å². The van der Waals surface area contributed by atoms with Gasteiger partial charge in [-0.1, -0.05) is 6.92 Å². The van der Waals surface area contributed by atoms with Gasteiger partial charge in [-0.25, -0.2) is 0 Å². The zero-order valence-corrected chi connectivity index (χ0v) is 3.68. The van der Waals surface area contributed by atoms with Gasteiger partial charge in [0.25, 0.3) is 0 Å². The van der Waals surface area contributed by atoms with E-state index in [1.807, 2.05) is 6.92 Å². The Kier molecular flexibility index (Phi) is 4.12. The molecule has 0 unspecified atom stereocenters. The third-order valence-corrected chi connectivity index (χ3v) is 0.387. The summed E-state index contributed by atoms with van der Waals surface area (Å²) in [5, 5.41) is 9.10. The molecule has 2 heteroatoms. The van der Waals surface area contributed by atoms with Crippen molar-refractivity contribution in [1.82, 2.24) is 0 Å². The van der Waals surface area contributed by atoms with Crippen LogP contribution in [0.4, 0.5) is 0 Å². The molecule has 0 heterocycles. The molecule has 0 aliphatic heterocycles. The molecule has 2 nitrogen and oxygen atoms in total. The second-order valence-corrected chi connectivity index (χ2v) is 0.876. The summed E-state index contributed by atoms with van der Waals surface area (Å²) in [6, 6.07) is 0. The minimum Gasteiger partial charge on any atom is -0.314 e. The smallest absolute Gasteiger partial charge is 0.129 e. The van der Waals surface area contributed by atoms with E-state index in [1.165, 1.54) is 0 Å². The zero-order valence-electron chi connectivity index (χ0n) is 3.68. The Morgan fingerprint density at radius 1 is 1.83 bits per heavy atom. The Morgan fingerprint density at radius 3 is 2.67 bits per heavy atom. The van der Waals surface area contributed by atoms with Crippen molar-refractivity contribution in [3.63, 3.8) is 0 Å². The van der Waals surface area contributed by atoms with Gasteiger partial charge in [0.1, 0.15) is 6.26 Å². The molecule has 0 aromatic heterocycles. The monoisotopic (exact) mass is 87.0 g/mol. The van der Waals surface area contributed by atoms with Crippen molar-refractivity contribution in [3.05, 3.63) is 12.3 Å². The Labute approximate surface area is 37.0 Å². The van der Waals surface area contributed by atoms with Crippen molar-refractivity contribution in [3.8, 4) is 0 Å². The van der Waals surface area contributed by atoms with Crippen LogP contribution in [0.5, 0.6) is 0 Å². The summed E-state index contributed by atoms with van der Waals surface area (Å²) >= 11 is 0. The van der Waals surface area contributed by atoms with Gasteiger partial charge in [-0.05, 0) is 12.5 Å². The maximum absolute atomic E-state index is 9.10. The lowest BCUT2D eigenvalue weighted by Crippen LogP contribution is -1.59. The van der Waals surface area contributed by atoms with Gasteiger partial charge in [0, 0.05) is 5.26 Å². The van der Waals surface area contributed by atoms with Crippen LogP contribution in [0.2, 0.25) is 0 Å². The van der Waals surface area contributed by atoms with Crippen LogP contribution in [-0.2, 0) is 10.1 Å². The molecule has 0 aliphatic rings. The van der Waals surface area contributed by atoms with Crippen LogP contribution >= 0.6 is 0 Å². The summed E-state index contributed by atoms with van der Waals surface area (Å²) in [6.45, 7) is 1.93. The lowest BCUT2D eigenvalue weighted by molar-refractivity contribution is -0.254. The molecule has 0 amide bonds. The maximum Gasteiger partial charge on any atom is 0.129 e. The first-order valence-corrected chi connectivity index (χ1v) is 1.85. The van der Waals surface area contributed by atoms with Crippen LogP contribution in [0.15, 0.2) is 12.3 Å². The Hall–Kier alpha value is -0.500. The van der Waals surface area contributed by atoms with Gasteiger partial charge in [-0.3, -0.25) is 0 Å². The number of hydrogen-bond donors (Lipinski definition) is 0. The van der Waals surface area contributed by atoms with Crippen LogP contribution in [0.1, 0.15) is 13.3 Å². The molecular weight excluding hydrogens is 80.0 g/mol. The molecule has 0 fully saturated rings. The molecule has 0 bridgehead atoms. The third-order valence-electron chi connectivity index (χ3n) is 0.387. The van der Waals surface area contributed by atoms with Crippen molar-refractivity contribution in [1.29, 1.82) is 0 Å². The normalized spacial score (nSPS) is 9.67. The molecule has 35 valence electrons. The molecule has 0 aromatic rings. The molecule has 0 aromatic carbocycles. The van der Waals surface area contributed by atoms with E-state index in [-0.39, 0.29) is 0 Å². The number of hydrogen-bond acceptors (Lipinski definition) is 1. The van der Waals surface area contributed by atoms with Crippen LogP contribution in [0.3, 0.4) is 0 Å². The van der Waals surface area contributed by atoms with Gasteiger partial charge >= 0.3 is 0 Å². The highest BCUT2D eigenvalue weighted by Gasteiger charge is 1.61. The standard InChI is InChI=1S/C4H7O2/c1-2-3-4-6-5/h3-4H,2H2,1H3. The Morgan fingerprint density at radius 2 is 2.50 bits per heavy atom. The summed E-state index contributed by atoms with van der Waals surface area (Å²) in [4.78, 5) is 3.35. The fourth-order valence-corrected chi connectivity index (χ4v) is 0.136. The second-order valence-electron chi connectivity index (χ2n) is 0.876. The summed E-state index contributed by atoms with van der Waals surface area (Å²) in [7, 11) is 0. The molecular formula is C4H7O2. The lowest BCUT2D eigenvalue weighted by atomic mass is 10.5. The van der Waals surface area contributed by atoms with E-state index in [0.29, 0.717) is 0 Å². The molecule has 0 aliphatic carbocycles. The van der Waals surface area contributed by atoms with Crippen molar-refractivity contribution < 1.29 is 10.1 Å². The average Bonchev–Trinajstić information content (AvgIpc) is 1.61. The first kappa shape index (κ1) is 5.50. The van der Waals surface area contributed by atoms with E-state index in [0.717, 1.165) is 12.7 Å². The third kappa shape index (κ3) is 3.50. The Bertz CT molecular complexity index is 34.8. The van der Waals surface area contributed by atoms with Crippen molar-refractivity contribution >= 4 is 0 Å². The van der Waals surface area contributed by atoms with Gasteiger partial charge in [-0.15, -0.1) is 0 Å². The highest BCUT2D eigenvalue weighted by atomic mass is 17.1. The zero-order chi connectivity index (χ0) is 4.83. The van der Waals surface area contributed by atoms with Gasteiger partial charge in [0.15, 0.2) is 0 Å². The second kappa shape index (κ2) is 4.50. The van der Waals surface area contributed by atoms with Gasteiger partial charge in [-0.2, -0.15) is 0 Å². The highest BCUT2D eigenvalue weighted by molar-refractivity contribution is 4.68. The van der Waals surface area contributed by atoms with Crippen molar-refractivity contribution in [2.45, 2.75) is 13.3 Å². The van der Waals surface area contributed by atoms with E-state index in [2.05, 4.69) is 4.89 Å². The minimum absolute atomic E-state index is 0.849. The average molecular weight is 87.1 g/mol. The maximum atomic E-state index is 9.10. The van der Waals surface area contributed by atoms with E-state index in [1.54, 1.807) is 6.08 Å². The molecule has 0 N–H and O–H groups in total. The Balaban J connectivity index is 2.73. The molecule has 0 saturated carbocycles. The summed E-state index contributed by atoms with van der Waals surface area (Å²) in [5.74, 6) is 0.